The predicted molar refractivity (Wildman–Crippen MR) is 99.3 cm³/mol. The van der Waals surface area contributed by atoms with Gasteiger partial charge in [-0.3, -0.25) is 4.79 Å². The molecule has 142 valence electrons. The minimum Gasteiger partial charge on any atom is -1.00 e. The van der Waals surface area contributed by atoms with E-state index in [-0.39, 0.29) is 36.0 Å². The summed E-state index contributed by atoms with van der Waals surface area (Å²) >= 11 is 1.73. The number of carbonyl (C=O) groups excluding carboxylic acids is 1. The molecule has 1 aliphatic heterocycles. The lowest BCUT2D eigenvalue weighted by atomic mass is 9.73. The quantitative estimate of drug-likeness (QED) is 0.371. The average Bonchev–Trinajstić information content (AvgIpc) is 3.20. The Labute approximate surface area is 173 Å². The van der Waals surface area contributed by atoms with Crippen LogP contribution in [0.1, 0.15) is 55.9 Å². The highest BCUT2D eigenvalue weighted by atomic mass is 127. The van der Waals surface area contributed by atoms with E-state index in [9.17, 15) is 4.79 Å². The van der Waals surface area contributed by atoms with Gasteiger partial charge in [-0.25, -0.2) is 0 Å². The van der Waals surface area contributed by atoms with Gasteiger partial charge in [0, 0.05) is 17.7 Å². The van der Waals surface area contributed by atoms with Crippen LogP contribution in [0.15, 0.2) is 11.4 Å². The minimum absolute atomic E-state index is 0. The van der Waals surface area contributed by atoms with Gasteiger partial charge in [-0.2, -0.15) is 0 Å². The monoisotopic (exact) mass is 477 g/mol. The number of hydrogen-bond donors (Lipinski definition) is 0. The number of halogens is 1. The van der Waals surface area contributed by atoms with E-state index >= 15 is 0 Å². The number of likely N-dealkylation sites (tertiary alicyclic amines) is 1. The molecule has 3 rings (SSSR count). The van der Waals surface area contributed by atoms with Crippen LogP contribution in [-0.4, -0.2) is 43.7 Å². The molecule has 0 bridgehead atoms. The number of esters is 1. The first kappa shape index (κ1) is 21.2. The van der Waals surface area contributed by atoms with Crippen molar-refractivity contribution in [3.8, 4) is 0 Å². The number of nitrogens with zero attached hydrogens (tertiary/aromatic N) is 1. The van der Waals surface area contributed by atoms with Gasteiger partial charge in [-0.1, -0.05) is 12.8 Å². The molecule has 2 heterocycles. The van der Waals surface area contributed by atoms with Crippen molar-refractivity contribution < 1.29 is 38.0 Å². The summed E-state index contributed by atoms with van der Waals surface area (Å²) < 4.78 is 7.14. The Morgan fingerprint density at radius 1 is 1.20 bits per heavy atom. The molecule has 0 aromatic carbocycles. The summed E-state index contributed by atoms with van der Waals surface area (Å²) in [7, 11) is 4.52. The fourth-order valence-electron chi connectivity index (χ4n) is 4.49. The van der Waals surface area contributed by atoms with Gasteiger partial charge in [0.05, 0.1) is 27.2 Å². The van der Waals surface area contributed by atoms with Crippen LogP contribution >= 0.6 is 11.3 Å². The number of ether oxygens (including phenoxy) is 1. The number of aryl methyl sites for hydroxylation is 1. The zero-order valence-electron chi connectivity index (χ0n) is 16.0. The third-order valence-electron chi connectivity index (χ3n) is 6.32. The smallest absolute Gasteiger partial charge is 0.317 e. The van der Waals surface area contributed by atoms with Crippen molar-refractivity contribution in [2.24, 2.45) is 5.92 Å². The van der Waals surface area contributed by atoms with E-state index in [1.807, 2.05) is 0 Å². The molecule has 1 aromatic heterocycles. The molecule has 1 atom stereocenters. The molecule has 25 heavy (non-hydrogen) atoms. The molecular formula is C20H32INO2S. The van der Waals surface area contributed by atoms with Crippen molar-refractivity contribution in [3.63, 3.8) is 0 Å². The molecule has 1 saturated carbocycles. The third-order valence-corrected chi connectivity index (χ3v) is 7.57. The maximum absolute atomic E-state index is 13.3. The molecular weight excluding hydrogens is 445 g/mol. The van der Waals surface area contributed by atoms with Crippen molar-refractivity contribution in [3.05, 3.63) is 21.9 Å². The van der Waals surface area contributed by atoms with Gasteiger partial charge in [-0.05, 0) is 49.6 Å². The molecule has 0 amide bonds. The summed E-state index contributed by atoms with van der Waals surface area (Å²) in [6.45, 7) is 6.46. The first-order valence-electron chi connectivity index (χ1n) is 9.40. The van der Waals surface area contributed by atoms with E-state index in [1.54, 1.807) is 11.3 Å². The molecule has 1 aliphatic carbocycles. The number of quaternary nitrogens is 1. The Morgan fingerprint density at radius 3 is 2.32 bits per heavy atom. The van der Waals surface area contributed by atoms with Crippen molar-refractivity contribution in [1.82, 2.24) is 0 Å². The Morgan fingerprint density at radius 2 is 1.80 bits per heavy atom. The fourth-order valence-corrected chi connectivity index (χ4v) is 5.64. The van der Waals surface area contributed by atoms with E-state index in [0.29, 0.717) is 5.92 Å². The van der Waals surface area contributed by atoms with Crippen molar-refractivity contribution in [1.29, 1.82) is 0 Å². The SMILES string of the molecule is Cc1ccsc1C(C)(C(=O)OC1CC[N+](C)(C)CC1)C1CCCC1.[I-]. The maximum Gasteiger partial charge on any atom is 0.317 e. The molecule has 1 aromatic rings. The number of carbonyl (C=O) groups is 1. The number of piperidine rings is 1. The zero-order valence-corrected chi connectivity index (χ0v) is 19.0. The van der Waals surface area contributed by atoms with Crippen LogP contribution in [0.25, 0.3) is 0 Å². The second-order valence-electron chi connectivity index (χ2n) is 8.60. The molecule has 2 fully saturated rings. The van der Waals surface area contributed by atoms with Gasteiger partial charge >= 0.3 is 5.97 Å². The normalized spacial score (nSPS) is 23.7. The summed E-state index contributed by atoms with van der Waals surface area (Å²) in [4.78, 5) is 14.5. The molecule has 0 spiro atoms. The van der Waals surface area contributed by atoms with Crippen LogP contribution in [0.3, 0.4) is 0 Å². The van der Waals surface area contributed by atoms with Crippen LogP contribution in [0.5, 0.6) is 0 Å². The topological polar surface area (TPSA) is 26.3 Å². The molecule has 5 heteroatoms. The Balaban J connectivity index is 0.00000225. The largest absolute Gasteiger partial charge is 1.00 e. The number of rotatable bonds is 4. The van der Waals surface area contributed by atoms with Crippen molar-refractivity contribution in [2.45, 2.75) is 63.9 Å². The molecule has 0 radical (unpaired) electrons. The van der Waals surface area contributed by atoms with E-state index in [0.717, 1.165) is 43.3 Å². The van der Waals surface area contributed by atoms with Crippen molar-refractivity contribution >= 4 is 17.3 Å². The standard InChI is InChI=1S/C20H32NO2S.HI/c1-15-11-14-24-18(15)20(2,16-7-5-6-8-16)19(22)23-17-9-12-21(3,4)13-10-17;/h11,14,16-17H,5-10,12-13H2,1-4H3;1H/q+1;/p-1. The Kier molecular flexibility index (Phi) is 6.99. The molecule has 3 nitrogen and oxygen atoms in total. The fraction of sp³-hybridized carbons (Fsp3) is 0.750. The summed E-state index contributed by atoms with van der Waals surface area (Å²) in [6.07, 6.45) is 6.87. The highest BCUT2D eigenvalue weighted by molar-refractivity contribution is 7.10. The molecule has 1 saturated heterocycles. The van der Waals surface area contributed by atoms with Crippen molar-refractivity contribution in [2.75, 3.05) is 27.2 Å². The summed E-state index contributed by atoms with van der Waals surface area (Å²) in [5, 5.41) is 2.12. The highest BCUT2D eigenvalue weighted by Crippen LogP contribution is 2.46. The second kappa shape index (κ2) is 8.26. The van der Waals surface area contributed by atoms with Gasteiger partial charge in [0.1, 0.15) is 11.5 Å². The van der Waals surface area contributed by atoms with E-state index in [1.165, 1.54) is 23.3 Å². The lowest BCUT2D eigenvalue weighted by Gasteiger charge is -2.39. The van der Waals surface area contributed by atoms with Gasteiger partial charge in [0.2, 0.25) is 0 Å². The van der Waals surface area contributed by atoms with E-state index in [4.69, 9.17) is 4.74 Å². The Hall–Kier alpha value is -0.140. The van der Waals surface area contributed by atoms with Crippen LogP contribution in [-0.2, 0) is 14.9 Å². The highest BCUT2D eigenvalue weighted by Gasteiger charge is 2.47. The minimum atomic E-state index is -0.462. The van der Waals surface area contributed by atoms with Gasteiger partial charge < -0.3 is 33.2 Å². The van der Waals surface area contributed by atoms with Gasteiger partial charge in [0.15, 0.2) is 0 Å². The van der Waals surface area contributed by atoms with Crippen LogP contribution < -0.4 is 24.0 Å². The molecule has 0 N–H and O–H groups in total. The molecule has 2 aliphatic rings. The van der Waals surface area contributed by atoms with Gasteiger partial charge in [-0.15, -0.1) is 11.3 Å². The van der Waals surface area contributed by atoms with Gasteiger partial charge in [0.25, 0.3) is 0 Å². The average molecular weight is 477 g/mol. The van der Waals surface area contributed by atoms with E-state index in [2.05, 4.69) is 39.4 Å². The zero-order chi connectivity index (χ0) is 17.4. The van der Waals surface area contributed by atoms with Crippen LogP contribution in [0, 0.1) is 12.8 Å². The Bertz CT molecular complexity index is 584. The second-order valence-corrected chi connectivity index (χ2v) is 9.52. The number of thiophene rings is 1. The first-order valence-corrected chi connectivity index (χ1v) is 10.3. The summed E-state index contributed by atoms with van der Waals surface area (Å²) in [6, 6.07) is 2.14. The first-order chi connectivity index (χ1) is 11.3. The maximum atomic E-state index is 13.3. The van der Waals surface area contributed by atoms with E-state index < -0.39 is 5.41 Å². The lowest BCUT2D eigenvalue weighted by Crippen LogP contribution is -3.00. The van der Waals surface area contributed by atoms with Crippen LogP contribution in [0.2, 0.25) is 0 Å². The van der Waals surface area contributed by atoms with Crippen LogP contribution in [0.4, 0.5) is 0 Å². The molecule has 1 unspecified atom stereocenters. The third kappa shape index (κ3) is 4.41. The lowest BCUT2D eigenvalue weighted by molar-refractivity contribution is -0.896. The summed E-state index contributed by atoms with van der Waals surface area (Å²) in [5.74, 6) is 0.454. The predicted octanol–water partition coefficient (Wildman–Crippen LogP) is 1.29. The number of hydrogen-bond acceptors (Lipinski definition) is 3. The summed E-state index contributed by atoms with van der Waals surface area (Å²) in [5.41, 5.74) is 0.782.